The van der Waals surface area contributed by atoms with Crippen molar-refractivity contribution in [3.63, 3.8) is 0 Å². The van der Waals surface area contributed by atoms with E-state index in [0.717, 1.165) is 5.56 Å². The molecule has 112 valence electrons. The summed E-state index contributed by atoms with van der Waals surface area (Å²) in [4.78, 5) is 12.0. The highest BCUT2D eigenvalue weighted by Gasteiger charge is 2.20. The number of rotatable bonds is 7. The molecule has 1 aromatic carbocycles. The zero-order valence-electron chi connectivity index (χ0n) is 12.0. The Kier molecular flexibility index (Phi) is 6.48. The number of carbonyl (C=O) groups excluding carboxylic acids is 1. The lowest BCUT2D eigenvalue weighted by Crippen LogP contribution is -2.48. The molecule has 2 atom stereocenters. The van der Waals surface area contributed by atoms with Crippen LogP contribution in [0.15, 0.2) is 24.3 Å². The molecule has 5 heteroatoms. The topological polar surface area (TPSA) is 95.6 Å². The van der Waals surface area contributed by atoms with Gasteiger partial charge in [0.05, 0.1) is 6.04 Å². The van der Waals surface area contributed by atoms with Gasteiger partial charge in [-0.05, 0) is 36.5 Å². The van der Waals surface area contributed by atoms with Gasteiger partial charge in [-0.1, -0.05) is 26.0 Å². The summed E-state index contributed by atoms with van der Waals surface area (Å²) in [6.07, 6.45) is 0.936. The molecule has 5 nitrogen and oxygen atoms in total. The second kappa shape index (κ2) is 7.87. The van der Waals surface area contributed by atoms with Gasteiger partial charge < -0.3 is 21.3 Å². The Hall–Kier alpha value is -1.59. The lowest BCUT2D eigenvalue weighted by atomic mass is 10.00. The van der Waals surface area contributed by atoms with Crippen LogP contribution in [0.5, 0.6) is 5.75 Å². The first-order valence-electron chi connectivity index (χ1n) is 6.88. The van der Waals surface area contributed by atoms with Crippen molar-refractivity contribution in [2.75, 3.05) is 6.61 Å². The molecule has 1 aromatic rings. The highest BCUT2D eigenvalue weighted by atomic mass is 16.3. The van der Waals surface area contributed by atoms with E-state index in [1.165, 1.54) is 0 Å². The number of aromatic hydroxyl groups is 1. The lowest BCUT2D eigenvalue weighted by molar-refractivity contribution is -0.123. The minimum Gasteiger partial charge on any atom is -0.508 e. The molecule has 0 aliphatic carbocycles. The van der Waals surface area contributed by atoms with Crippen LogP contribution >= 0.6 is 0 Å². The molecule has 0 saturated carbocycles. The van der Waals surface area contributed by atoms with Crippen LogP contribution in [0.25, 0.3) is 0 Å². The average Bonchev–Trinajstić information content (AvgIpc) is 2.40. The minimum atomic E-state index is -0.639. The van der Waals surface area contributed by atoms with Crippen LogP contribution in [0.2, 0.25) is 0 Å². The van der Waals surface area contributed by atoms with Crippen molar-refractivity contribution >= 4 is 5.91 Å². The molecular weight excluding hydrogens is 256 g/mol. The zero-order chi connectivity index (χ0) is 15.1. The zero-order valence-corrected chi connectivity index (χ0v) is 12.0. The van der Waals surface area contributed by atoms with Crippen LogP contribution in [0, 0.1) is 5.92 Å². The van der Waals surface area contributed by atoms with Crippen molar-refractivity contribution in [1.82, 2.24) is 5.32 Å². The molecule has 0 spiro atoms. The number of aliphatic hydroxyl groups excluding tert-OH is 1. The lowest BCUT2D eigenvalue weighted by Gasteiger charge is -2.23. The van der Waals surface area contributed by atoms with E-state index >= 15 is 0 Å². The van der Waals surface area contributed by atoms with Crippen LogP contribution in [0.4, 0.5) is 0 Å². The van der Waals surface area contributed by atoms with E-state index in [1.807, 2.05) is 13.8 Å². The van der Waals surface area contributed by atoms with Gasteiger partial charge in [0.2, 0.25) is 5.91 Å². The Bertz CT molecular complexity index is 418. The molecule has 0 fully saturated rings. The first kappa shape index (κ1) is 16.5. The number of nitrogens with two attached hydrogens (primary N) is 1. The summed E-state index contributed by atoms with van der Waals surface area (Å²) in [6, 6.07) is 5.93. The number of aliphatic hydroxyl groups is 1. The third-order valence-electron chi connectivity index (χ3n) is 3.30. The molecule has 1 rings (SSSR count). The average molecular weight is 280 g/mol. The van der Waals surface area contributed by atoms with Gasteiger partial charge in [-0.15, -0.1) is 0 Å². The molecular formula is C15H24N2O3. The highest BCUT2D eigenvalue weighted by molar-refractivity contribution is 5.82. The van der Waals surface area contributed by atoms with Gasteiger partial charge in [-0.3, -0.25) is 4.79 Å². The first-order chi connectivity index (χ1) is 9.43. The molecule has 5 N–H and O–H groups in total. The number of phenols is 1. The van der Waals surface area contributed by atoms with Gasteiger partial charge in [-0.25, -0.2) is 0 Å². The van der Waals surface area contributed by atoms with E-state index < -0.39 is 6.04 Å². The van der Waals surface area contributed by atoms with E-state index in [0.29, 0.717) is 12.8 Å². The standard InChI is InChI=1S/C15H24N2O3/c1-10(2)14(7-8-18)17-15(20)13(16)9-11-3-5-12(19)6-4-11/h3-6,10,13-14,18-19H,7-9,16H2,1-2H3,(H,17,20). The minimum absolute atomic E-state index is 0.0380. The summed E-state index contributed by atoms with van der Waals surface area (Å²) in [5, 5.41) is 21.1. The molecule has 0 aromatic heterocycles. The predicted molar refractivity (Wildman–Crippen MR) is 78.3 cm³/mol. The van der Waals surface area contributed by atoms with Crippen LogP contribution in [0.3, 0.4) is 0 Å². The molecule has 2 unspecified atom stereocenters. The number of hydrogen-bond acceptors (Lipinski definition) is 4. The number of benzene rings is 1. The molecule has 0 aliphatic rings. The first-order valence-corrected chi connectivity index (χ1v) is 6.88. The van der Waals surface area contributed by atoms with Gasteiger partial charge in [0.15, 0.2) is 0 Å². The van der Waals surface area contributed by atoms with Crippen molar-refractivity contribution in [2.24, 2.45) is 11.7 Å². The van der Waals surface area contributed by atoms with Crippen LogP contribution < -0.4 is 11.1 Å². The summed E-state index contributed by atoms with van der Waals surface area (Å²) < 4.78 is 0. The molecule has 1 amide bonds. The maximum atomic E-state index is 12.0. The van der Waals surface area contributed by atoms with Gasteiger partial charge in [-0.2, -0.15) is 0 Å². The van der Waals surface area contributed by atoms with E-state index in [4.69, 9.17) is 10.8 Å². The number of hydrogen-bond donors (Lipinski definition) is 4. The number of nitrogens with one attached hydrogen (secondary N) is 1. The fraction of sp³-hybridized carbons (Fsp3) is 0.533. The quantitative estimate of drug-likeness (QED) is 0.593. The fourth-order valence-electron chi connectivity index (χ4n) is 1.98. The van der Waals surface area contributed by atoms with Gasteiger partial charge in [0.25, 0.3) is 0 Å². The monoisotopic (exact) mass is 280 g/mol. The summed E-state index contributed by atoms with van der Waals surface area (Å²) >= 11 is 0. The summed E-state index contributed by atoms with van der Waals surface area (Å²) in [5.74, 6) is 0.215. The van der Waals surface area contributed by atoms with Crippen molar-refractivity contribution in [2.45, 2.75) is 38.8 Å². The van der Waals surface area contributed by atoms with Crippen molar-refractivity contribution in [3.05, 3.63) is 29.8 Å². The summed E-state index contributed by atoms with van der Waals surface area (Å²) in [6.45, 7) is 4.02. The number of amides is 1. The van der Waals surface area contributed by atoms with Gasteiger partial charge >= 0.3 is 0 Å². The largest absolute Gasteiger partial charge is 0.508 e. The maximum absolute atomic E-state index is 12.0. The number of carbonyl (C=O) groups is 1. The Morgan fingerprint density at radius 1 is 1.30 bits per heavy atom. The van der Waals surface area contributed by atoms with Gasteiger partial charge in [0, 0.05) is 12.6 Å². The van der Waals surface area contributed by atoms with Crippen LogP contribution in [-0.4, -0.2) is 34.8 Å². The van der Waals surface area contributed by atoms with Crippen molar-refractivity contribution < 1.29 is 15.0 Å². The Balaban J connectivity index is 2.55. The predicted octanol–water partition coefficient (Wildman–Crippen LogP) is 0.785. The molecule has 0 heterocycles. The van der Waals surface area contributed by atoms with Gasteiger partial charge in [0.1, 0.15) is 5.75 Å². The molecule has 0 aliphatic heterocycles. The fourth-order valence-corrected chi connectivity index (χ4v) is 1.98. The summed E-state index contributed by atoms with van der Waals surface area (Å²) in [7, 11) is 0. The molecule has 0 bridgehead atoms. The van der Waals surface area contributed by atoms with Crippen molar-refractivity contribution in [1.29, 1.82) is 0 Å². The van der Waals surface area contributed by atoms with Crippen molar-refractivity contribution in [3.8, 4) is 5.75 Å². The van der Waals surface area contributed by atoms with Crippen LogP contribution in [0.1, 0.15) is 25.8 Å². The second-order valence-corrected chi connectivity index (χ2v) is 5.35. The third kappa shape index (κ3) is 5.19. The van der Waals surface area contributed by atoms with E-state index in [-0.39, 0.29) is 30.2 Å². The smallest absolute Gasteiger partial charge is 0.237 e. The SMILES string of the molecule is CC(C)C(CCO)NC(=O)C(N)Cc1ccc(O)cc1. The molecule has 0 radical (unpaired) electrons. The normalized spacial score (nSPS) is 14.1. The molecule has 0 saturated heterocycles. The Morgan fingerprint density at radius 2 is 1.90 bits per heavy atom. The Labute approximate surface area is 119 Å². The highest BCUT2D eigenvalue weighted by Crippen LogP contribution is 2.11. The summed E-state index contributed by atoms with van der Waals surface area (Å²) in [5.41, 5.74) is 6.79. The van der Waals surface area contributed by atoms with E-state index in [1.54, 1.807) is 24.3 Å². The van der Waals surface area contributed by atoms with E-state index in [2.05, 4.69) is 5.32 Å². The third-order valence-corrected chi connectivity index (χ3v) is 3.30. The second-order valence-electron chi connectivity index (χ2n) is 5.35. The number of phenolic OH excluding ortho intramolecular Hbond substituents is 1. The molecule has 20 heavy (non-hydrogen) atoms. The van der Waals surface area contributed by atoms with Crippen LogP contribution in [-0.2, 0) is 11.2 Å². The Morgan fingerprint density at radius 3 is 2.40 bits per heavy atom. The van der Waals surface area contributed by atoms with E-state index in [9.17, 15) is 9.90 Å². The maximum Gasteiger partial charge on any atom is 0.237 e.